The largest absolute Gasteiger partial charge is 0.456 e. The van der Waals surface area contributed by atoms with Crippen molar-refractivity contribution in [3.05, 3.63) is 45.3 Å². The van der Waals surface area contributed by atoms with Crippen molar-refractivity contribution < 1.29 is 19.1 Å². The van der Waals surface area contributed by atoms with E-state index in [0.29, 0.717) is 12.0 Å². The summed E-state index contributed by atoms with van der Waals surface area (Å²) in [5.41, 5.74) is 21.2. The van der Waals surface area contributed by atoms with Crippen molar-refractivity contribution in [3.63, 3.8) is 0 Å². The summed E-state index contributed by atoms with van der Waals surface area (Å²) in [5.74, 6) is -1.32. The summed E-state index contributed by atoms with van der Waals surface area (Å²) < 4.78 is 5.37. The summed E-state index contributed by atoms with van der Waals surface area (Å²) >= 11 is 0. The molecule has 2 rings (SSSR count). The monoisotopic (exact) mass is 416 g/mol. The highest BCUT2D eigenvalue weighted by Gasteiger charge is 2.37. The quantitative estimate of drug-likeness (QED) is 0.299. The number of rotatable bonds is 7. The second kappa shape index (κ2) is 9.60. The lowest BCUT2D eigenvalue weighted by Gasteiger charge is -2.22. The van der Waals surface area contributed by atoms with E-state index in [0.717, 1.165) is 11.1 Å². The van der Waals surface area contributed by atoms with Crippen molar-refractivity contribution in [2.45, 2.75) is 64.3 Å². The van der Waals surface area contributed by atoms with Crippen LogP contribution < -0.4 is 11.5 Å². The highest BCUT2D eigenvalue weighted by Crippen LogP contribution is 2.23. The fraction of sp³-hybridized carbons (Fsp3) is 0.550. The van der Waals surface area contributed by atoms with Gasteiger partial charge in [-0.15, -0.1) is 0 Å². The third-order valence-electron chi connectivity index (χ3n) is 4.81. The number of carbonyl (C=O) groups is 3. The number of hydrogen-bond donors (Lipinski definition) is 2. The zero-order valence-electron chi connectivity index (χ0n) is 17.5. The molecule has 1 aliphatic rings. The first-order valence-corrected chi connectivity index (χ1v) is 9.74. The first-order valence-electron chi connectivity index (χ1n) is 9.74. The Morgan fingerprint density at radius 1 is 1.30 bits per heavy atom. The molecule has 2 atom stereocenters. The number of benzene rings is 1. The molecule has 10 nitrogen and oxygen atoms in total. The minimum atomic E-state index is -0.781. The molecule has 1 aromatic carbocycles. The van der Waals surface area contributed by atoms with Gasteiger partial charge >= 0.3 is 5.97 Å². The van der Waals surface area contributed by atoms with Crippen LogP contribution in [0, 0.1) is 0 Å². The lowest BCUT2D eigenvalue weighted by atomic mass is 9.99. The zero-order chi connectivity index (χ0) is 22.5. The van der Waals surface area contributed by atoms with Gasteiger partial charge in [0.15, 0.2) is 0 Å². The van der Waals surface area contributed by atoms with Gasteiger partial charge in [-0.2, -0.15) is 0 Å². The number of ether oxygens (including phenoxy) is 1. The van der Waals surface area contributed by atoms with Gasteiger partial charge in [-0.05, 0) is 62.4 Å². The first kappa shape index (κ1) is 23.2. The highest BCUT2D eigenvalue weighted by atomic mass is 16.6. The van der Waals surface area contributed by atoms with E-state index in [1.807, 2.05) is 0 Å². The van der Waals surface area contributed by atoms with Crippen molar-refractivity contribution >= 4 is 17.8 Å². The van der Waals surface area contributed by atoms with Crippen LogP contribution in [0.25, 0.3) is 10.4 Å². The summed E-state index contributed by atoms with van der Waals surface area (Å²) in [5, 5.41) is 3.60. The van der Waals surface area contributed by atoms with Crippen LogP contribution >= 0.6 is 0 Å². The standard InChI is InChI=1S/C20H28N6O4/c1-20(2,3)30-19(29)13-5-4-12(14(8-13)10-21)6-7-17(27)26-11-15(24-25-23)9-16(26)18(22)28/h4-5,8,15-16H,6-7,9-11,21H2,1-3H3,(H2,22,28)/t15?,16-/m0/s1. The van der Waals surface area contributed by atoms with E-state index in [1.165, 1.54) is 4.90 Å². The number of amides is 2. The van der Waals surface area contributed by atoms with Gasteiger partial charge in [0.25, 0.3) is 0 Å². The Morgan fingerprint density at radius 3 is 2.57 bits per heavy atom. The Labute approximate surface area is 175 Å². The molecule has 4 N–H and O–H groups in total. The number of nitrogens with two attached hydrogens (primary N) is 2. The van der Waals surface area contributed by atoms with E-state index >= 15 is 0 Å². The molecule has 162 valence electrons. The van der Waals surface area contributed by atoms with E-state index in [2.05, 4.69) is 10.0 Å². The van der Waals surface area contributed by atoms with Crippen molar-refractivity contribution in [1.82, 2.24) is 4.90 Å². The molecular formula is C20H28N6O4. The van der Waals surface area contributed by atoms with Crippen LogP contribution in [0.1, 0.15) is 55.1 Å². The number of nitrogens with zero attached hydrogens (tertiary/aromatic N) is 4. The predicted molar refractivity (Wildman–Crippen MR) is 110 cm³/mol. The SMILES string of the molecule is CC(C)(C)OC(=O)c1ccc(CCC(=O)N2CC(N=[N+]=[N-])C[C@H]2C(N)=O)c(CN)c1. The molecule has 1 heterocycles. The van der Waals surface area contributed by atoms with Crippen LogP contribution in [0.2, 0.25) is 0 Å². The van der Waals surface area contributed by atoms with Crippen LogP contribution in [0.3, 0.4) is 0 Å². The topological polar surface area (TPSA) is 164 Å². The summed E-state index contributed by atoms with van der Waals surface area (Å²) in [6.45, 7) is 5.74. The molecule has 10 heteroatoms. The molecule has 30 heavy (non-hydrogen) atoms. The maximum absolute atomic E-state index is 12.7. The molecule has 1 aromatic rings. The van der Waals surface area contributed by atoms with E-state index in [4.69, 9.17) is 21.7 Å². The lowest BCUT2D eigenvalue weighted by Crippen LogP contribution is -2.43. The number of hydrogen-bond acceptors (Lipinski definition) is 6. The average molecular weight is 416 g/mol. The van der Waals surface area contributed by atoms with Gasteiger partial charge in [-0.3, -0.25) is 9.59 Å². The van der Waals surface area contributed by atoms with Crippen molar-refractivity contribution in [2.24, 2.45) is 16.6 Å². The highest BCUT2D eigenvalue weighted by molar-refractivity contribution is 5.90. The third-order valence-corrected chi connectivity index (χ3v) is 4.81. The van der Waals surface area contributed by atoms with Crippen molar-refractivity contribution in [1.29, 1.82) is 0 Å². The van der Waals surface area contributed by atoms with Gasteiger partial charge in [0, 0.05) is 24.4 Å². The molecule has 1 saturated heterocycles. The van der Waals surface area contributed by atoms with Crippen molar-refractivity contribution in [2.75, 3.05) is 6.54 Å². The van der Waals surface area contributed by atoms with Gasteiger partial charge in [-0.25, -0.2) is 4.79 Å². The molecule has 0 spiro atoms. The van der Waals surface area contributed by atoms with Crippen LogP contribution in [-0.4, -0.2) is 46.9 Å². The Balaban J connectivity index is 2.09. The summed E-state index contributed by atoms with van der Waals surface area (Å²) in [6.07, 6.45) is 0.740. The van der Waals surface area contributed by atoms with E-state index in [1.54, 1.807) is 39.0 Å². The number of primary amides is 1. The second-order valence-electron chi connectivity index (χ2n) is 8.25. The Hall–Kier alpha value is -3.10. The Bertz CT molecular complexity index is 873. The zero-order valence-corrected chi connectivity index (χ0v) is 17.5. The predicted octanol–water partition coefficient (Wildman–Crippen LogP) is 1.80. The maximum atomic E-state index is 12.7. The number of aryl methyl sites for hydroxylation is 1. The van der Waals surface area contributed by atoms with E-state index in [9.17, 15) is 14.4 Å². The summed E-state index contributed by atoms with van der Waals surface area (Å²) in [6, 6.07) is 3.83. The minimum Gasteiger partial charge on any atom is -0.456 e. The maximum Gasteiger partial charge on any atom is 0.338 e. The second-order valence-corrected chi connectivity index (χ2v) is 8.25. The fourth-order valence-electron chi connectivity index (χ4n) is 3.42. The number of likely N-dealkylation sites (tertiary alicyclic amines) is 1. The molecule has 0 bridgehead atoms. The van der Waals surface area contributed by atoms with Gasteiger partial charge in [0.2, 0.25) is 11.8 Å². The third kappa shape index (κ3) is 5.95. The molecule has 0 radical (unpaired) electrons. The molecule has 1 aliphatic heterocycles. The van der Waals surface area contributed by atoms with Crippen molar-refractivity contribution in [3.8, 4) is 0 Å². The normalized spacial score (nSPS) is 18.6. The van der Waals surface area contributed by atoms with Gasteiger partial charge in [0.05, 0.1) is 11.6 Å². The van der Waals surface area contributed by atoms with E-state index < -0.39 is 29.6 Å². The Morgan fingerprint density at radius 2 is 2.00 bits per heavy atom. The van der Waals surface area contributed by atoms with Crippen LogP contribution in [0.5, 0.6) is 0 Å². The Kier molecular flexibility index (Phi) is 7.42. The van der Waals surface area contributed by atoms with Crippen LogP contribution in [-0.2, 0) is 27.3 Å². The van der Waals surface area contributed by atoms with E-state index in [-0.39, 0.29) is 31.8 Å². The number of carbonyl (C=O) groups excluding carboxylic acids is 3. The molecular weight excluding hydrogens is 388 g/mol. The molecule has 0 aliphatic carbocycles. The van der Waals surface area contributed by atoms with Gasteiger partial charge in [-0.1, -0.05) is 11.2 Å². The van der Waals surface area contributed by atoms with Crippen LogP contribution in [0.15, 0.2) is 23.3 Å². The van der Waals surface area contributed by atoms with Crippen LogP contribution in [0.4, 0.5) is 0 Å². The smallest absolute Gasteiger partial charge is 0.338 e. The molecule has 1 unspecified atom stereocenters. The lowest BCUT2D eigenvalue weighted by molar-refractivity contribution is -0.137. The average Bonchev–Trinajstić information content (AvgIpc) is 3.09. The molecule has 0 saturated carbocycles. The van der Waals surface area contributed by atoms with Gasteiger partial charge in [0.1, 0.15) is 11.6 Å². The number of esters is 1. The van der Waals surface area contributed by atoms with Gasteiger partial charge < -0.3 is 21.1 Å². The summed E-state index contributed by atoms with van der Waals surface area (Å²) in [4.78, 5) is 40.8. The number of azide groups is 1. The fourth-order valence-corrected chi connectivity index (χ4v) is 3.42. The summed E-state index contributed by atoms with van der Waals surface area (Å²) in [7, 11) is 0. The molecule has 2 amide bonds. The molecule has 0 aromatic heterocycles. The molecule has 1 fully saturated rings. The minimum absolute atomic E-state index is 0.131. The first-order chi connectivity index (χ1) is 14.1.